The molecule has 1 spiro atoms. The first kappa shape index (κ1) is 59.0. The number of nitrogens with one attached hydrogen (secondary N) is 8. The lowest BCUT2D eigenvalue weighted by molar-refractivity contribution is -0.138. The Hall–Kier alpha value is -6.61. The number of primary amides is 1. The molecule has 0 radical (unpaired) electrons. The van der Waals surface area contributed by atoms with Crippen LogP contribution in [0.5, 0.6) is 0 Å². The zero-order chi connectivity index (χ0) is 54.5. The number of hydrogen-bond acceptors (Lipinski definition) is 12. The summed E-state index contributed by atoms with van der Waals surface area (Å²) in [5.41, 5.74) is 3.42. The molecule has 4 rings (SSSR count). The van der Waals surface area contributed by atoms with Crippen LogP contribution in [0, 0.1) is 23.7 Å². The summed E-state index contributed by atoms with van der Waals surface area (Å²) in [6, 6.07) is 2.11. The Kier molecular flexibility index (Phi) is 20.9. The van der Waals surface area contributed by atoms with Crippen LogP contribution in [-0.2, 0) is 47.9 Å². The molecule has 7 atom stereocenters. The van der Waals surface area contributed by atoms with Gasteiger partial charge in [0.1, 0.15) is 47.5 Å². The Morgan fingerprint density at radius 1 is 0.808 bits per heavy atom. The zero-order valence-corrected chi connectivity index (χ0v) is 44.4. The normalized spacial score (nSPS) is 24.7. The first-order valence-electron chi connectivity index (χ1n) is 25.6. The van der Waals surface area contributed by atoms with Crippen molar-refractivity contribution in [2.24, 2.45) is 34.5 Å². The van der Waals surface area contributed by atoms with Gasteiger partial charge in [-0.3, -0.25) is 47.9 Å². The Morgan fingerprint density at radius 2 is 1.47 bits per heavy atom. The highest BCUT2D eigenvalue weighted by atomic mass is 16.2. The summed E-state index contributed by atoms with van der Waals surface area (Å²) in [5.74, 6) is -7.17. The van der Waals surface area contributed by atoms with Gasteiger partial charge in [0.25, 0.3) is 11.8 Å². The molecular formula is C51H80N12O10. The summed E-state index contributed by atoms with van der Waals surface area (Å²) in [4.78, 5) is 138. The molecule has 0 aliphatic carbocycles. The third-order valence-corrected chi connectivity index (χ3v) is 13.1. The van der Waals surface area contributed by atoms with Crippen molar-refractivity contribution in [1.82, 2.24) is 47.4 Å². The maximum atomic E-state index is 14.3. The molecule has 1 unspecified atom stereocenters. The van der Waals surface area contributed by atoms with Crippen LogP contribution in [0.2, 0.25) is 0 Å². The van der Waals surface area contributed by atoms with Crippen LogP contribution in [0.3, 0.4) is 0 Å². The predicted octanol–water partition coefficient (Wildman–Crippen LogP) is 0.975. The molecule has 2 saturated heterocycles. The van der Waals surface area contributed by atoms with Crippen molar-refractivity contribution in [2.45, 2.75) is 181 Å². The largest absolute Gasteiger partial charge is 0.368 e. The zero-order valence-electron chi connectivity index (χ0n) is 44.4. The van der Waals surface area contributed by atoms with Crippen LogP contribution in [0.1, 0.15) is 134 Å². The second-order valence-electron chi connectivity index (χ2n) is 21.5. The standard InChI is InChI=1S/C51H80N12O10/c1-28(2)25-36(41(52)65)57-43(67)34-21-15-17-23-53-42(66)38-27-51(63(61-38)33-19-13-12-14-20-33)49(73)62(51)24-18-16-22-35(55-46(70)39(30(5)6)54-32(9)64)44(68)58-37(26-29(3)4)45(69)60-50(10,11)48(72)59-40(31(7)8)47(71)56-34/h12-14,19-20,28-31,34-37,39-40H,15-18,21-27H2,1-11H3,(H2,52,65)(H,53,66)(H,54,64)(H,55,70)(H,56,71)(H,57,67)(H,58,68)(H,59,72)(H,60,69)/t34-,35-,36-,37-,39-,40-,51?,62?/m0/s1. The molecule has 2 bridgehead atoms. The van der Waals surface area contributed by atoms with Gasteiger partial charge >= 0.3 is 0 Å². The number of amides is 10. The van der Waals surface area contributed by atoms with E-state index in [1.807, 2.05) is 33.8 Å². The number of hydrazone groups is 1. The maximum absolute atomic E-state index is 14.3. The number of carbonyl (C=O) groups is 10. The van der Waals surface area contributed by atoms with Crippen molar-refractivity contribution < 1.29 is 47.9 Å². The summed E-state index contributed by atoms with van der Waals surface area (Å²) >= 11 is 0. The van der Waals surface area contributed by atoms with E-state index in [0.717, 1.165) is 0 Å². The number of rotatable bonds is 13. The van der Waals surface area contributed by atoms with Crippen LogP contribution >= 0.6 is 0 Å². The van der Waals surface area contributed by atoms with Crippen molar-refractivity contribution in [3.8, 4) is 0 Å². The molecule has 1 aromatic rings. The van der Waals surface area contributed by atoms with Crippen molar-refractivity contribution in [2.75, 3.05) is 18.1 Å². The highest BCUT2D eigenvalue weighted by molar-refractivity contribution is 6.41. The van der Waals surface area contributed by atoms with Gasteiger partial charge in [-0.2, -0.15) is 5.10 Å². The summed E-state index contributed by atoms with van der Waals surface area (Å²) in [5, 5.41) is 28.2. The molecule has 0 aromatic heterocycles. The quantitative estimate of drug-likeness (QED) is 0.126. The Bertz CT molecular complexity index is 2230. The number of para-hydroxylation sites is 1. The molecule has 3 aliphatic heterocycles. The predicted molar refractivity (Wildman–Crippen MR) is 273 cm³/mol. The average Bonchev–Trinajstić information content (AvgIpc) is 3.62. The van der Waals surface area contributed by atoms with Crippen LogP contribution in [0.4, 0.5) is 5.69 Å². The van der Waals surface area contributed by atoms with E-state index in [1.165, 1.54) is 20.8 Å². The number of carbonyl (C=O) groups excluding carboxylic acids is 10. The lowest BCUT2D eigenvalue weighted by Crippen LogP contribution is -2.64. The fourth-order valence-corrected chi connectivity index (χ4v) is 8.96. The monoisotopic (exact) mass is 1020 g/mol. The fraction of sp³-hybridized carbons (Fsp3) is 0.667. The van der Waals surface area contributed by atoms with Gasteiger partial charge in [0.15, 0.2) is 0 Å². The lowest BCUT2D eigenvalue weighted by Gasteiger charge is -2.32. The molecule has 3 aliphatic rings. The Labute approximate surface area is 429 Å². The number of benzene rings is 1. The first-order valence-corrected chi connectivity index (χ1v) is 25.6. The number of fused-ring (bicyclic) bond motifs is 1. The highest BCUT2D eigenvalue weighted by Crippen LogP contribution is 2.47. The topological polar surface area (TPSA) is 312 Å². The van der Waals surface area contributed by atoms with Gasteiger partial charge in [-0.15, -0.1) is 0 Å². The molecule has 404 valence electrons. The number of nitrogens with zero attached hydrogens (tertiary/aromatic N) is 3. The van der Waals surface area contributed by atoms with E-state index in [1.54, 1.807) is 61.9 Å². The average molecular weight is 1020 g/mol. The van der Waals surface area contributed by atoms with Gasteiger partial charge in [-0.25, -0.2) is 5.01 Å². The molecule has 1 aromatic carbocycles. The van der Waals surface area contributed by atoms with Gasteiger partial charge < -0.3 is 53.2 Å². The number of anilines is 1. The van der Waals surface area contributed by atoms with Gasteiger partial charge in [-0.05, 0) is 101 Å². The van der Waals surface area contributed by atoms with Crippen molar-refractivity contribution in [3.05, 3.63) is 30.3 Å². The molecule has 22 nitrogen and oxygen atoms in total. The van der Waals surface area contributed by atoms with E-state index in [4.69, 9.17) is 5.73 Å². The lowest BCUT2D eigenvalue weighted by atomic mass is 9.97. The Morgan fingerprint density at radius 3 is 2.05 bits per heavy atom. The smallest absolute Gasteiger partial charge is 0.274 e. The molecular weight excluding hydrogens is 941 g/mol. The van der Waals surface area contributed by atoms with E-state index in [9.17, 15) is 47.9 Å². The minimum absolute atomic E-state index is 0.0123. The minimum Gasteiger partial charge on any atom is -0.368 e. The van der Waals surface area contributed by atoms with E-state index in [2.05, 4.69) is 47.6 Å². The summed E-state index contributed by atoms with van der Waals surface area (Å²) in [6.45, 7) is 18.8. The minimum atomic E-state index is -1.66. The van der Waals surface area contributed by atoms with Gasteiger partial charge in [0.05, 0.1) is 12.1 Å². The molecule has 0 saturated carbocycles. The molecule has 3 heterocycles. The molecule has 10 amide bonds. The van der Waals surface area contributed by atoms with E-state index < -0.39 is 107 Å². The van der Waals surface area contributed by atoms with E-state index >= 15 is 0 Å². The third-order valence-electron chi connectivity index (χ3n) is 13.1. The molecule has 2 fully saturated rings. The van der Waals surface area contributed by atoms with Crippen LogP contribution in [0.25, 0.3) is 0 Å². The molecule has 22 heteroatoms. The number of nitrogens with two attached hydrogens (primary N) is 1. The van der Waals surface area contributed by atoms with E-state index in [-0.39, 0.29) is 74.6 Å². The second kappa shape index (κ2) is 25.9. The summed E-state index contributed by atoms with van der Waals surface area (Å²) in [6.07, 6.45) is 1.82. The van der Waals surface area contributed by atoms with Crippen molar-refractivity contribution in [3.63, 3.8) is 0 Å². The SMILES string of the molecule is CC(=O)N[C@H](C(=O)N[C@H]1CCCCN2C(=O)C23CC(=NN3c2ccccc2)C(=O)NCCCC[C@@H](C(=O)N[C@@H](CC(C)C)C(N)=O)NC(=O)[C@H](C(C)C)NC(=O)C(C)(C)NC(=O)[C@H](CC(C)C)NC1=O)C(C)C. The van der Waals surface area contributed by atoms with Crippen LogP contribution in [-0.4, -0.2) is 130 Å². The second-order valence-corrected chi connectivity index (χ2v) is 21.5. The van der Waals surface area contributed by atoms with Crippen LogP contribution in [0.15, 0.2) is 35.4 Å². The first-order chi connectivity index (χ1) is 34.2. The fourth-order valence-electron chi connectivity index (χ4n) is 8.96. The Balaban J connectivity index is 1.72. The summed E-state index contributed by atoms with van der Waals surface area (Å²) < 4.78 is 0. The molecule has 10 N–H and O–H groups in total. The van der Waals surface area contributed by atoms with Crippen molar-refractivity contribution >= 4 is 70.5 Å². The third kappa shape index (κ3) is 15.9. The van der Waals surface area contributed by atoms with Gasteiger partial charge in [0.2, 0.25) is 52.9 Å². The van der Waals surface area contributed by atoms with E-state index in [0.29, 0.717) is 31.4 Å². The highest BCUT2D eigenvalue weighted by Gasteiger charge is 2.70. The number of hydrogen-bond donors (Lipinski definition) is 9. The van der Waals surface area contributed by atoms with Crippen LogP contribution < -0.4 is 53.3 Å². The van der Waals surface area contributed by atoms with Gasteiger partial charge in [0, 0.05) is 20.0 Å². The van der Waals surface area contributed by atoms with Gasteiger partial charge in [-0.1, -0.05) is 73.6 Å². The molecule has 73 heavy (non-hydrogen) atoms. The summed E-state index contributed by atoms with van der Waals surface area (Å²) in [7, 11) is 0. The van der Waals surface area contributed by atoms with Crippen molar-refractivity contribution in [1.29, 1.82) is 0 Å². The maximum Gasteiger partial charge on any atom is 0.274 e.